The number of fused-ring (bicyclic) bond motifs is 1. The van der Waals surface area contributed by atoms with Crippen LogP contribution in [0.1, 0.15) is 20.3 Å². The van der Waals surface area contributed by atoms with Crippen LogP contribution in [0.2, 0.25) is 5.02 Å². The lowest BCUT2D eigenvalue weighted by Gasteiger charge is -2.17. The van der Waals surface area contributed by atoms with Gasteiger partial charge >= 0.3 is 5.69 Å². The molecule has 0 aliphatic heterocycles. The summed E-state index contributed by atoms with van der Waals surface area (Å²) in [5.74, 6) is 0.980. The van der Waals surface area contributed by atoms with E-state index in [9.17, 15) is 14.7 Å². The lowest BCUT2D eigenvalue weighted by Crippen LogP contribution is -2.31. The summed E-state index contributed by atoms with van der Waals surface area (Å²) in [4.78, 5) is 31.1. The van der Waals surface area contributed by atoms with E-state index in [-0.39, 0.29) is 30.4 Å². The second-order valence-corrected chi connectivity index (χ2v) is 7.35. The van der Waals surface area contributed by atoms with Crippen molar-refractivity contribution in [1.29, 1.82) is 0 Å². The van der Waals surface area contributed by atoms with Crippen molar-refractivity contribution in [2.24, 2.45) is 7.05 Å². The molecule has 0 fully saturated rings. The first-order chi connectivity index (χ1) is 13.8. The number of H-pyrrole nitrogens is 1. The van der Waals surface area contributed by atoms with E-state index >= 15 is 0 Å². The number of aryl methyl sites for hydroxylation is 1. The van der Waals surface area contributed by atoms with Gasteiger partial charge in [-0.15, -0.1) is 0 Å². The Labute approximate surface area is 171 Å². The van der Waals surface area contributed by atoms with Gasteiger partial charge in [0.1, 0.15) is 18.5 Å². The summed E-state index contributed by atoms with van der Waals surface area (Å²) in [5, 5.41) is 14.3. The van der Waals surface area contributed by atoms with Gasteiger partial charge in [-0.2, -0.15) is 4.98 Å². The van der Waals surface area contributed by atoms with Gasteiger partial charge in [-0.25, -0.2) is 4.79 Å². The van der Waals surface area contributed by atoms with Crippen LogP contribution in [0.15, 0.2) is 33.9 Å². The molecule has 0 bridgehead atoms. The molecule has 0 aliphatic carbocycles. The Kier molecular flexibility index (Phi) is 6.29. The minimum Gasteiger partial charge on any atom is -0.491 e. The molecule has 10 heteroatoms. The molecule has 3 N–H and O–H groups in total. The number of hydrogen-bond donors (Lipinski definition) is 3. The highest BCUT2D eigenvalue weighted by atomic mass is 35.5. The molecular formula is C19H24ClN5O4. The van der Waals surface area contributed by atoms with Crippen molar-refractivity contribution in [2.45, 2.75) is 39.0 Å². The summed E-state index contributed by atoms with van der Waals surface area (Å²) in [6, 6.07) is 6.89. The molecule has 3 rings (SSSR count). The van der Waals surface area contributed by atoms with E-state index in [1.165, 1.54) is 11.6 Å². The second-order valence-electron chi connectivity index (χ2n) is 6.91. The molecular weight excluding hydrogens is 398 g/mol. The number of hydrogen-bond acceptors (Lipinski definition) is 6. The SMILES string of the molecule is CC[C@H](C)Nc1nc2c(c(=O)[nH]c(=O)n2C)n1C[C@H](O)COc1ccc(Cl)cc1. The minimum absolute atomic E-state index is 0.00768. The van der Waals surface area contributed by atoms with Crippen LogP contribution >= 0.6 is 11.6 Å². The van der Waals surface area contributed by atoms with Crippen molar-refractivity contribution < 1.29 is 9.84 Å². The van der Waals surface area contributed by atoms with Crippen LogP contribution in [0, 0.1) is 0 Å². The number of halogens is 1. The number of imidazole rings is 1. The van der Waals surface area contributed by atoms with Crippen molar-refractivity contribution >= 4 is 28.7 Å². The van der Waals surface area contributed by atoms with Gasteiger partial charge in [0, 0.05) is 18.1 Å². The first kappa shape index (κ1) is 20.9. The number of nitrogens with zero attached hydrogens (tertiary/aromatic N) is 3. The van der Waals surface area contributed by atoms with Gasteiger partial charge in [0.15, 0.2) is 11.2 Å². The molecule has 0 saturated heterocycles. The van der Waals surface area contributed by atoms with Gasteiger partial charge in [0.2, 0.25) is 5.95 Å². The van der Waals surface area contributed by atoms with Crippen molar-refractivity contribution in [3.63, 3.8) is 0 Å². The van der Waals surface area contributed by atoms with E-state index in [0.717, 1.165) is 6.42 Å². The number of benzene rings is 1. The van der Waals surface area contributed by atoms with E-state index in [1.54, 1.807) is 28.8 Å². The fourth-order valence-electron chi connectivity index (χ4n) is 2.83. The summed E-state index contributed by atoms with van der Waals surface area (Å²) in [5.41, 5.74) is -0.647. The Morgan fingerprint density at radius 2 is 2.00 bits per heavy atom. The highest BCUT2D eigenvalue weighted by molar-refractivity contribution is 6.30. The lowest BCUT2D eigenvalue weighted by atomic mass is 10.3. The Morgan fingerprint density at radius 3 is 2.66 bits per heavy atom. The Bertz CT molecular complexity index is 1100. The third-order valence-corrected chi connectivity index (χ3v) is 4.90. The molecule has 156 valence electrons. The van der Waals surface area contributed by atoms with Crippen LogP contribution in [0.5, 0.6) is 5.75 Å². The van der Waals surface area contributed by atoms with Gasteiger partial charge < -0.3 is 19.7 Å². The van der Waals surface area contributed by atoms with Crippen LogP contribution in [0.25, 0.3) is 11.2 Å². The maximum Gasteiger partial charge on any atom is 0.329 e. The molecule has 29 heavy (non-hydrogen) atoms. The molecule has 9 nitrogen and oxygen atoms in total. The summed E-state index contributed by atoms with van der Waals surface area (Å²) in [6.07, 6.45) is -0.0852. The van der Waals surface area contributed by atoms with Crippen LogP contribution in [-0.4, -0.2) is 43.0 Å². The van der Waals surface area contributed by atoms with Crippen LogP contribution in [0.3, 0.4) is 0 Å². The average Bonchev–Trinajstić information content (AvgIpc) is 3.04. The molecule has 1 aromatic carbocycles. The van der Waals surface area contributed by atoms with Gasteiger partial charge in [0.25, 0.3) is 5.56 Å². The predicted molar refractivity (Wildman–Crippen MR) is 112 cm³/mol. The Morgan fingerprint density at radius 1 is 1.31 bits per heavy atom. The lowest BCUT2D eigenvalue weighted by molar-refractivity contribution is 0.0938. The Hall–Kier alpha value is -2.78. The largest absolute Gasteiger partial charge is 0.491 e. The smallest absolute Gasteiger partial charge is 0.329 e. The number of rotatable bonds is 8. The first-order valence-electron chi connectivity index (χ1n) is 9.32. The van der Waals surface area contributed by atoms with Crippen molar-refractivity contribution in [1.82, 2.24) is 19.1 Å². The molecule has 0 spiro atoms. The highest BCUT2D eigenvalue weighted by Gasteiger charge is 2.20. The van der Waals surface area contributed by atoms with Gasteiger partial charge in [-0.1, -0.05) is 18.5 Å². The van der Waals surface area contributed by atoms with Crippen LogP contribution in [0.4, 0.5) is 5.95 Å². The number of ether oxygens (including phenoxy) is 1. The quantitative estimate of drug-likeness (QED) is 0.510. The molecule has 2 aromatic heterocycles. The standard InChI is InChI=1S/C19H24ClN5O4/c1-4-11(2)21-18-22-16-15(17(27)23-19(28)24(16)3)25(18)9-13(26)10-29-14-7-5-12(20)6-8-14/h5-8,11,13,26H,4,9-10H2,1-3H3,(H,21,22)(H,23,27,28)/t11-,13-/m0/s1. The number of aliphatic hydroxyl groups is 1. The number of nitrogens with one attached hydrogen (secondary N) is 2. The fourth-order valence-corrected chi connectivity index (χ4v) is 2.96. The molecule has 0 radical (unpaired) electrons. The normalized spacial score (nSPS) is 13.4. The summed E-state index contributed by atoms with van der Waals surface area (Å²) < 4.78 is 8.44. The molecule has 0 amide bonds. The van der Waals surface area contributed by atoms with Gasteiger partial charge in [-0.05, 0) is 37.6 Å². The van der Waals surface area contributed by atoms with Crippen LogP contribution < -0.4 is 21.3 Å². The van der Waals surface area contributed by atoms with Gasteiger partial charge in [0.05, 0.1) is 6.54 Å². The highest BCUT2D eigenvalue weighted by Crippen LogP contribution is 2.19. The number of aliphatic hydroxyl groups excluding tert-OH is 1. The van der Waals surface area contributed by atoms with E-state index < -0.39 is 17.4 Å². The number of aromatic nitrogens is 4. The molecule has 0 saturated carbocycles. The fraction of sp³-hybridized carbons (Fsp3) is 0.421. The topological polar surface area (TPSA) is 114 Å². The summed E-state index contributed by atoms with van der Waals surface area (Å²) in [6.45, 7) is 4.06. The molecule has 0 aliphatic rings. The number of anilines is 1. The van der Waals surface area contributed by atoms with Gasteiger partial charge in [-0.3, -0.25) is 14.3 Å². The average molecular weight is 422 g/mol. The van der Waals surface area contributed by atoms with E-state index in [1.807, 2.05) is 13.8 Å². The van der Waals surface area contributed by atoms with Crippen molar-refractivity contribution in [3.8, 4) is 5.75 Å². The molecule has 2 heterocycles. The van der Waals surface area contributed by atoms with E-state index in [0.29, 0.717) is 16.7 Å². The minimum atomic E-state index is -0.919. The maximum absolute atomic E-state index is 12.5. The van der Waals surface area contributed by atoms with E-state index in [4.69, 9.17) is 16.3 Å². The second kappa shape index (κ2) is 8.71. The first-order valence-corrected chi connectivity index (χ1v) is 9.70. The number of aromatic amines is 1. The monoisotopic (exact) mass is 421 g/mol. The zero-order valence-electron chi connectivity index (χ0n) is 16.5. The van der Waals surface area contributed by atoms with Crippen molar-refractivity contribution in [3.05, 3.63) is 50.1 Å². The Balaban J connectivity index is 1.90. The van der Waals surface area contributed by atoms with Crippen LogP contribution in [-0.2, 0) is 13.6 Å². The molecule has 3 aromatic rings. The van der Waals surface area contributed by atoms with Crippen molar-refractivity contribution in [2.75, 3.05) is 11.9 Å². The summed E-state index contributed by atoms with van der Waals surface area (Å²) in [7, 11) is 1.53. The van der Waals surface area contributed by atoms with E-state index in [2.05, 4.69) is 15.3 Å². The zero-order chi connectivity index (χ0) is 21.1. The molecule has 2 atom stereocenters. The third kappa shape index (κ3) is 4.63. The zero-order valence-corrected chi connectivity index (χ0v) is 17.2. The predicted octanol–water partition coefficient (Wildman–Crippen LogP) is 1.73. The molecule has 0 unspecified atom stereocenters. The summed E-state index contributed by atoms with van der Waals surface area (Å²) >= 11 is 5.86. The third-order valence-electron chi connectivity index (χ3n) is 4.64. The maximum atomic E-state index is 12.5.